The Hall–Kier alpha value is -3.64. The average Bonchev–Trinajstić information content (AvgIpc) is 3.29. The number of sulfonamides is 1. The van der Waals surface area contributed by atoms with Crippen LogP contribution in [0.1, 0.15) is 55.0 Å². The standard InChI is InChI=1S/C32H39N3O7S/c1-21(2)12-13-24-17-26(35(39)40)14-15-30(24)43(41,42)33-20-27(36)18-25(16-22-8-4-3-5-9-22)32(38)34-31-28-11-7-6-10-23(28)19-29(31)37/h3-11,14-15,17,21,25,27,29,31,33,36-37H,12-13,16,18-20H2,1-2H3,(H,34,38)/t25-,27+,29-,31+/m1/s1. The van der Waals surface area contributed by atoms with Crippen LogP contribution in [0.5, 0.6) is 0 Å². The van der Waals surface area contributed by atoms with E-state index in [9.17, 15) is 33.5 Å². The number of hydrogen-bond acceptors (Lipinski definition) is 7. The quantitative estimate of drug-likeness (QED) is 0.160. The summed E-state index contributed by atoms with van der Waals surface area (Å²) in [4.78, 5) is 24.2. The Balaban J connectivity index is 1.48. The zero-order chi connectivity index (χ0) is 31.1. The van der Waals surface area contributed by atoms with Gasteiger partial charge in [0.2, 0.25) is 15.9 Å². The molecule has 4 rings (SSSR count). The second-order valence-electron chi connectivity index (χ2n) is 11.6. The minimum atomic E-state index is -4.12. The van der Waals surface area contributed by atoms with E-state index in [-0.39, 0.29) is 35.4 Å². The summed E-state index contributed by atoms with van der Waals surface area (Å²) in [6, 6.07) is 19.9. The Morgan fingerprint density at radius 3 is 2.47 bits per heavy atom. The molecule has 0 saturated heterocycles. The number of nitrogens with one attached hydrogen (secondary N) is 2. The summed E-state index contributed by atoms with van der Waals surface area (Å²) in [6.45, 7) is 3.61. The normalized spacial score (nSPS) is 17.8. The number of nitrogens with zero attached hydrogens (tertiary/aromatic N) is 1. The molecular weight excluding hydrogens is 570 g/mol. The number of fused-ring (bicyclic) bond motifs is 1. The van der Waals surface area contributed by atoms with Crippen molar-refractivity contribution in [2.24, 2.45) is 11.8 Å². The molecule has 3 aromatic rings. The molecule has 4 atom stereocenters. The van der Waals surface area contributed by atoms with Gasteiger partial charge in [0, 0.05) is 31.0 Å². The first-order chi connectivity index (χ1) is 20.4. The second kappa shape index (κ2) is 14.2. The first-order valence-electron chi connectivity index (χ1n) is 14.5. The van der Waals surface area contributed by atoms with E-state index in [4.69, 9.17) is 0 Å². The third kappa shape index (κ3) is 8.47. The monoisotopic (exact) mass is 609 g/mol. The third-order valence-electron chi connectivity index (χ3n) is 7.80. The Labute approximate surface area is 252 Å². The molecule has 10 nitrogen and oxygen atoms in total. The number of hydrogen-bond donors (Lipinski definition) is 4. The smallest absolute Gasteiger partial charge is 0.269 e. The number of nitro benzene ring substituents is 1. The van der Waals surface area contributed by atoms with E-state index in [1.165, 1.54) is 12.1 Å². The van der Waals surface area contributed by atoms with Gasteiger partial charge in [-0.1, -0.05) is 68.4 Å². The van der Waals surface area contributed by atoms with Gasteiger partial charge >= 0.3 is 0 Å². The van der Waals surface area contributed by atoms with Crippen LogP contribution in [0, 0.1) is 22.0 Å². The molecule has 0 spiro atoms. The molecule has 0 radical (unpaired) electrons. The van der Waals surface area contributed by atoms with Crippen molar-refractivity contribution in [1.29, 1.82) is 0 Å². The zero-order valence-electron chi connectivity index (χ0n) is 24.3. The molecule has 1 aliphatic rings. The Morgan fingerprint density at radius 2 is 1.77 bits per heavy atom. The molecule has 0 fully saturated rings. The largest absolute Gasteiger partial charge is 0.392 e. The molecule has 0 saturated carbocycles. The first kappa shape index (κ1) is 32.3. The molecule has 0 bridgehead atoms. The number of aryl methyl sites for hydroxylation is 1. The first-order valence-corrected chi connectivity index (χ1v) is 16.0. The van der Waals surface area contributed by atoms with Crippen molar-refractivity contribution in [3.8, 4) is 0 Å². The van der Waals surface area contributed by atoms with Crippen LogP contribution in [-0.2, 0) is 34.1 Å². The van der Waals surface area contributed by atoms with E-state index in [0.29, 0.717) is 31.2 Å². The van der Waals surface area contributed by atoms with Crippen molar-refractivity contribution in [3.05, 3.63) is 105 Å². The van der Waals surface area contributed by atoms with Crippen LogP contribution in [0.3, 0.4) is 0 Å². The number of carbonyl (C=O) groups excluding carboxylic acids is 1. The molecule has 1 amide bonds. The maximum absolute atomic E-state index is 13.5. The van der Waals surface area contributed by atoms with Crippen LogP contribution >= 0.6 is 0 Å². The molecule has 3 aromatic carbocycles. The van der Waals surface area contributed by atoms with E-state index < -0.39 is 39.1 Å². The highest BCUT2D eigenvalue weighted by Gasteiger charge is 2.34. The molecule has 0 unspecified atom stereocenters. The Morgan fingerprint density at radius 1 is 1.07 bits per heavy atom. The van der Waals surface area contributed by atoms with Crippen LogP contribution < -0.4 is 10.0 Å². The zero-order valence-corrected chi connectivity index (χ0v) is 25.2. The number of aliphatic hydroxyl groups is 2. The van der Waals surface area contributed by atoms with Crippen molar-refractivity contribution >= 4 is 21.6 Å². The maximum atomic E-state index is 13.5. The number of amides is 1. The lowest BCUT2D eigenvalue weighted by Gasteiger charge is -2.24. The lowest BCUT2D eigenvalue weighted by molar-refractivity contribution is -0.385. The van der Waals surface area contributed by atoms with Gasteiger partial charge in [0.05, 0.1) is 28.1 Å². The summed E-state index contributed by atoms with van der Waals surface area (Å²) >= 11 is 0. The summed E-state index contributed by atoms with van der Waals surface area (Å²) in [5.74, 6) is -0.795. The molecule has 11 heteroatoms. The minimum absolute atomic E-state index is 0.0336. The predicted octanol–water partition coefficient (Wildman–Crippen LogP) is 3.85. The number of non-ortho nitro benzene ring substituents is 1. The van der Waals surface area contributed by atoms with Gasteiger partial charge in [-0.3, -0.25) is 14.9 Å². The summed E-state index contributed by atoms with van der Waals surface area (Å²) in [5, 5.41) is 35.9. The number of benzene rings is 3. The fourth-order valence-corrected chi connectivity index (χ4v) is 6.80. The second-order valence-corrected chi connectivity index (χ2v) is 13.3. The lowest BCUT2D eigenvalue weighted by Crippen LogP contribution is -2.41. The van der Waals surface area contributed by atoms with E-state index in [1.54, 1.807) is 0 Å². The van der Waals surface area contributed by atoms with Crippen LogP contribution in [0.4, 0.5) is 5.69 Å². The number of aliphatic hydroxyl groups excluding tert-OH is 2. The minimum Gasteiger partial charge on any atom is -0.392 e. The van der Waals surface area contributed by atoms with Crippen molar-refractivity contribution in [2.45, 2.75) is 69.1 Å². The summed E-state index contributed by atoms with van der Waals surface area (Å²) < 4.78 is 29.0. The molecule has 0 aliphatic heterocycles. The molecule has 0 aromatic heterocycles. The van der Waals surface area contributed by atoms with Crippen LogP contribution in [0.25, 0.3) is 0 Å². The van der Waals surface area contributed by atoms with E-state index >= 15 is 0 Å². The Kier molecular flexibility index (Phi) is 10.7. The highest BCUT2D eigenvalue weighted by atomic mass is 32.2. The number of nitro groups is 1. The molecular formula is C32H39N3O7S. The van der Waals surface area contributed by atoms with Crippen molar-refractivity contribution in [2.75, 3.05) is 6.54 Å². The molecule has 230 valence electrons. The SMILES string of the molecule is CC(C)CCc1cc([N+](=O)[O-])ccc1S(=O)(=O)NC[C@@H](O)C[C@@H](Cc1ccccc1)C(=O)N[C@H]1c2ccccc2C[C@H]1O. The van der Waals surface area contributed by atoms with Gasteiger partial charge in [-0.2, -0.15) is 0 Å². The molecule has 1 aliphatic carbocycles. The van der Waals surface area contributed by atoms with E-state index in [2.05, 4.69) is 10.0 Å². The van der Waals surface area contributed by atoms with Gasteiger partial charge in [0.15, 0.2) is 0 Å². The van der Waals surface area contributed by atoms with E-state index in [0.717, 1.165) is 22.8 Å². The van der Waals surface area contributed by atoms with Crippen LogP contribution in [0.15, 0.2) is 77.7 Å². The lowest BCUT2D eigenvalue weighted by atomic mass is 9.92. The molecule has 4 N–H and O–H groups in total. The fraction of sp³-hybridized carbons (Fsp3) is 0.406. The van der Waals surface area contributed by atoms with Crippen molar-refractivity contribution in [1.82, 2.24) is 10.0 Å². The van der Waals surface area contributed by atoms with Crippen molar-refractivity contribution < 1.29 is 28.3 Å². The maximum Gasteiger partial charge on any atom is 0.269 e. The van der Waals surface area contributed by atoms with Crippen LogP contribution in [0.2, 0.25) is 0 Å². The average molecular weight is 610 g/mol. The molecule has 0 heterocycles. The van der Waals surface area contributed by atoms with Gasteiger partial charge < -0.3 is 15.5 Å². The van der Waals surface area contributed by atoms with Gasteiger partial charge in [0.25, 0.3) is 5.69 Å². The van der Waals surface area contributed by atoms with Gasteiger partial charge in [-0.25, -0.2) is 13.1 Å². The highest BCUT2D eigenvalue weighted by Crippen LogP contribution is 2.32. The number of rotatable bonds is 14. The molecule has 43 heavy (non-hydrogen) atoms. The van der Waals surface area contributed by atoms with Gasteiger partial charge in [0.1, 0.15) is 0 Å². The predicted molar refractivity (Wildman–Crippen MR) is 163 cm³/mol. The number of carbonyl (C=O) groups is 1. The summed E-state index contributed by atoms with van der Waals surface area (Å²) in [6.07, 6.45) is -0.293. The van der Waals surface area contributed by atoms with Crippen LogP contribution in [-0.4, -0.2) is 48.2 Å². The highest BCUT2D eigenvalue weighted by molar-refractivity contribution is 7.89. The third-order valence-corrected chi connectivity index (χ3v) is 9.32. The summed E-state index contributed by atoms with van der Waals surface area (Å²) in [5.41, 5.74) is 2.84. The van der Waals surface area contributed by atoms with E-state index in [1.807, 2.05) is 68.4 Å². The summed E-state index contributed by atoms with van der Waals surface area (Å²) in [7, 11) is -4.12. The fourth-order valence-electron chi connectivity index (χ4n) is 5.48. The van der Waals surface area contributed by atoms with Gasteiger partial charge in [-0.05, 0) is 59.9 Å². The topological polar surface area (TPSA) is 159 Å². The Bertz CT molecular complexity index is 1530. The van der Waals surface area contributed by atoms with Gasteiger partial charge in [-0.15, -0.1) is 0 Å². The van der Waals surface area contributed by atoms with Crippen molar-refractivity contribution in [3.63, 3.8) is 0 Å².